The molecular weight excluding hydrogens is 323 g/mol. The summed E-state index contributed by atoms with van der Waals surface area (Å²) in [6, 6.07) is 4.08. The van der Waals surface area contributed by atoms with Crippen molar-refractivity contribution >= 4 is 31.3 Å². The average Bonchev–Trinajstić information content (AvgIpc) is 2.49. The second kappa shape index (κ2) is 9.12. The lowest BCUT2D eigenvalue weighted by Crippen LogP contribution is -2.35. The van der Waals surface area contributed by atoms with E-state index in [1.165, 1.54) is 19.5 Å². The SMILES string of the molecule is Cc1ccc([N+](=O)[O-])cc1/C=C/[C@H](CC(=O)OC(C)(C)C)N[B]C=O. The second-order valence-electron chi connectivity index (χ2n) is 6.52. The molecule has 1 radical (unpaired) electrons. The van der Waals surface area contributed by atoms with Crippen molar-refractivity contribution in [2.45, 2.75) is 45.8 Å². The molecule has 0 spiro atoms. The molecule has 0 heterocycles. The highest BCUT2D eigenvalue weighted by Gasteiger charge is 2.19. The van der Waals surface area contributed by atoms with Crippen LogP contribution in [0.25, 0.3) is 6.08 Å². The average molecular weight is 345 g/mol. The van der Waals surface area contributed by atoms with E-state index >= 15 is 0 Å². The Labute approximate surface area is 147 Å². The number of nitro groups is 1. The van der Waals surface area contributed by atoms with Gasteiger partial charge in [0.25, 0.3) is 13.1 Å². The first-order valence-electron chi connectivity index (χ1n) is 7.80. The zero-order chi connectivity index (χ0) is 19.0. The van der Waals surface area contributed by atoms with Gasteiger partial charge in [0.1, 0.15) is 5.60 Å². The predicted molar refractivity (Wildman–Crippen MR) is 96.8 cm³/mol. The van der Waals surface area contributed by atoms with Crippen LogP contribution in [0.1, 0.15) is 38.3 Å². The first-order chi connectivity index (χ1) is 11.6. The van der Waals surface area contributed by atoms with Gasteiger partial charge in [-0.3, -0.25) is 14.9 Å². The van der Waals surface area contributed by atoms with Crippen molar-refractivity contribution < 1.29 is 19.2 Å². The highest BCUT2D eigenvalue weighted by atomic mass is 16.6. The van der Waals surface area contributed by atoms with Crippen molar-refractivity contribution in [3.8, 4) is 0 Å². The standard InChI is InChI=1S/C17H22BN2O5/c1-12-5-8-15(20(23)24)9-13(12)6-7-14(19-18-11-21)10-16(22)25-17(2,3)4/h5-9,11,14,19H,10H2,1-4H3/b7-6+/t14-/m1/s1. The van der Waals surface area contributed by atoms with Crippen LogP contribution >= 0.6 is 0 Å². The van der Waals surface area contributed by atoms with Crippen molar-refractivity contribution in [3.63, 3.8) is 0 Å². The number of hydrogen-bond acceptors (Lipinski definition) is 6. The number of rotatable bonds is 8. The fourth-order valence-corrected chi connectivity index (χ4v) is 2.05. The summed E-state index contributed by atoms with van der Waals surface area (Å²) in [7, 11) is 1.19. The van der Waals surface area contributed by atoms with Crippen molar-refractivity contribution in [1.29, 1.82) is 0 Å². The summed E-state index contributed by atoms with van der Waals surface area (Å²) in [5, 5.41) is 13.7. The van der Waals surface area contributed by atoms with Crippen LogP contribution < -0.4 is 5.23 Å². The molecule has 8 heteroatoms. The Kier molecular flexibility index (Phi) is 7.51. The summed E-state index contributed by atoms with van der Waals surface area (Å²) in [6.07, 6.45) is 3.96. The molecule has 0 fully saturated rings. The molecule has 1 N–H and O–H groups in total. The number of aryl methyl sites for hydroxylation is 1. The fraction of sp³-hybridized carbons (Fsp3) is 0.412. The molecule has 0 saturated carbocycles. The van der Waals surface area contributed by atoms with Gasteiger partial charge in [0.15, 0.2) is 0 Å². The van der Waals surface area contributed by atoms with Gasteiger partial charge in [-0.1, -0.05) is 18.2 Å². The van der Waals surface area contributed by atoms with E-state index in [1.807, 2.05) is 6.92 Å². The van der Waals surface area contributed by atoms with Gasteiger partial charge in [-0.05, 0) is 38.8 Å². The zero-order valence-electron chi connectivity index (χ0n) is 14.8. The van der Waals surface area contributed by atoms with Gasteiger partial charge in [-0.15, -0.1) is 0 Å². The molecule has 0 unspecified atom stereocenters. The van der Waals surface area contributed by atoms with Crippen LogP contribution in [0.3, 0.4) is 0 Å². The van der Waals surface area contributed by atoms with E-state index in [-0.39, 0.29) is 12.1 Å². The summed E-state index contributed by atoms with van der Waals surface area (Å²) < 4.78 is 5.27. The molecule has 0 bridgehead atoms. The molecular formula is C17H22BN2O5. The normalized spacial score (nSPS) is 12.6. The molecule has 0 aliphatic carbocycles. The van der Waals surface area contributed by atoms with E-state index in [1.54, 1.807) is 39.0 Å². The van der Waals surface area contributed by atoms with Crippen LogP contribution in [0, 0.1) is 17.0 Å². The van der Waals surface area contributed by atoms with E-state index < -0.39 is 22.5 Å². The molecule has 0 aliphatic rings. The Balaban J connectivity index is 2.92. The van der Waals surface area contributed by atoms with Gasteiger partial charge in [0.2, 0.25) is 0 Å². The van der Waals surface area contributed by atoms with Gasteiger partial charge >= 0.3 is 5.97 Å². The summed E-state index contributed by atoms with van der Waals surface area (Å²) >= 11 is 0. The highest BCUT2D eigenvalue weighted by Crippen LogP contribution is 2.19. The van der Waals surface area contributed by atoms with Crippen LogP contribution in [0.5, 0.6) is 0 Å². The van der Waals surface area contributed by atoms with Gasteiger partial charge in [0, 0.05) is 18.2 Å². The van der Waals surface area contributed by atoms with Gasteiger partial charge < -0.3 is 14.8 Å². The summed E-state index contributed by atoms with van der Waals surface area (Å²) in [5.74, 6) is -0.412. The third kappa shape index (κ3) is 7.76. The molecule has 7 nitrogen and oxygen atoms in total. The Morgan fingerprint density at radius 3 is 2.68 bits per heavy atom. The lowest BCUT2D eigenvalue weighted by molar-refractivity contribution is -0.384. The maximum Gasteiger partial charge on any atom is 0.308 e. The van der Waals surface area contributed by atoms with Gasteiger partial charge in [0.05, 0.1) is 17.5 Å². The van der Waals surface area contributed by atoms with Crippen molar-refractivity contribution in [2.24, 2.45) is 0 Å². The molecule has 1 aromatic carbocycles. The third-order valence-corrected chi connectivity index (χ3v) is 3.17. The lowest BCUT2D eigenvalue weighted by atomic mass is 9.95. The Morgan fingerprint density at radius 2 is 2.12 bits per heavy atom. The number of hydrogen-bond donors (Lipinski definition) is 1. The molecule has 1 atom stereocenters. The minimum absolute atomic E-state index is 0.0126. The Bertz CT molecular complexity index is 667. The van der Waals surface area contributed by atoms with Crippen molar-refractivity contribution in [3.05, 3.63) is 45.5 Å². The molecule has 1 rings (SSSR count). The number of nitrogens with one attached hydrogen (secondary N) is 1. The van der Waals surface area contributed by atoms with E-state index in [4.69, 9.17) is 4.74 Å². The minimum atomic E-state index is -0.601. The topological polar surface area (TPSA) is 98.5 Å². The number of benzene rings is 1. The minimum Gasteiger partial charge on any atom is -0.460 e. The molecule has 0 aliphatic heterocycles. The quantitative estimate of drug-likeness (QED) is 0.255. The van der Waals surface area contributed by atoms with Crippen LogP contribution in [0.15, 0.2) is 24.3 Å². The van der Waals surface area contributed by atoms with Gasteiger partial charge in [-0.25, -0.2) is 0 Å². The number of nitrogens with zero attached hydrogens (tertiary/aromatic N) is 1. The number of non-ortho nitro benzene ring substituents is 1. The van der Waals surface area contributed by atoms with Gasteiger partial charge in [-0.2, -0.15) is 0 Å². The summed E-state index contributed by atoms with van der Waals surface area (Å²) in [4.78, 5) is 32.9. The second-order valence-corrected chi connectivity index (χ2v) is 6.52. The number of carbonyl (C=O) groups excluding carboxylic acids is 2. The number of carbonyl (C=O) groups is 2. The highest BCUT2D eigenvalue weighted by molar-refractivity contribution is 6.64. The van der Waals surface area contributed by atoms with E-state index in [0.29, 0.717) is 11.7 Å². The van der Waals surface area contributed by atoms with E-state index in [2.05, 4.69) is 5.23 Å². The van der Waals surface area contributed by atoms with Crippen LogP contribution in [-0.2, 0) is 14.3 Å². The fourth-order valence-electron chi connectivity index (χ4n) is 2.05. The lowest BCUT2D eigenvalue weighted by Gasteiger charge is -2.21. The molecule has 25 heavy (non-hydrogen) atoms. The van der Waals surface area contributed by atoms with Crippen LogP contribution in [0.2, 0.25) is 0 Å². The molecule has 0 amide bonds. The largest absolute Gasteiger partial charge is 0.460 e. The Hall–Kier alpha value is -2.48. The first-order valence-corrected chi connectivity index (χ1v) is 7.80. The summed E-state index contributed by atoms with van der Waals surface area (Å²) in [5.41, 5.74) is 0.908. The Morgan fingerprint density at radius 1 is 1.44 bits per heavy atom. The smallest absolute Gasteiger partial charge is 0.308 e. The van der Waals surface area contributed by atoms with Crippen molar-refractivity contribution in [1.82, 2.24) is 5.23 Å². The van der Waals surface area contributed by atoms with Crippen molar-refractivity contribution in [2.75, 3.05) is 0 Å². The maximum atomic E-state index is 12.0. The molecule has 1 aromatic rings. The molecule has 0 saturated heterocycles. The monoisotopic (exact) mass is 345 g/mol. The first kappa shape index (κ1) is 20.6. The van der Waals surface area contributed by atoms with Crippen LogP contribution in [0.4, 0.5) is 5.69 Å². The molecule has 0 aromatic heterocycles. The van der Waals surface area contributed by atoms with Crippen LogP contribution in [-0.4, -0.2) is 36.1 Å². The van der Waals surface area contributed by atoms with E-state index in [9.17, 15) is 19.7 Å². The maximum absolute atomic E-state index is 12.0. The number of ether oxygens (including phenoxy) is 1. The predicted octanol–water partition coefficient (Wildman–Crippen LogP) is 2.42. The third-order valence-electron chi connectivity index (χ3n) is 3.17. The summed E-state index contributed by atoms with van der Waals surface area (Å²) in [6.45, 7) is 7.14. The molecule has 133 valence electrons. The van der Waals surface area contributed by atoms with E-state index in [0.717, 1.165) is 5.56 Å². The number of esters is 1. The zero-order valence-corrected chi connectivity index (χ0v) is 14.8. The number of nitro benzene ring substituents is 1.